The number of benzene rings is 1. The summed E-state index contributed by atoms with van der Waals surface area (Å²) in [6.07, 6.45) is -4.62. The summed E-state index contributed by atoms with van der Waals surface area (Å²) in [7, 11) is 0. The SMILES string of the molecule is CCN(C(=O)c1ccccc1C)c1nc(C(F)(F)F)n(CC)n1. The lowest BCUT2D eigenvalue weighted by atomic mass is 10.1. The third-order valence-electron chi connectivity index (χ3n) is 3.39. The van der Waals surface area contributed by atoms with E-state index in [1.807, 2.05) is 0 Å². The van der Waals surface area contributed by atoms with Gasteiger partial charge in [-0.2, -0.15) is 18.2 Å². The quantitative estimate of drug-likeness (QED) is 0.866. The molecule has 1 aromatic carbocycles. The predicted octanol–water partition coefficient (Wildman–Crippen LogP) is 3.29. The summed E-state index contributed by atoms with van der Waals surface area (Å²) in [5, 5.41) is 3.83. The van der Waals surface area contributed by atoms with Crippen molar-refractivity contribution in [3.8, 4) is 0 Å². The number of amides is 1. The van der Waals surface area contributed by atoms with Crippen LogP contribution in [0.3, 0.4) is 0 Å². The van der Waals surface area contributed by atoms with Gasteiger partial charge in [-0.3, -0.25) is 9.69 Å². The zero-order valence-electron chi connectivity index (χ0n) is 13.1. The summed E-state index contributed by atoms with van der Waals surface area (Å²) < 4.78 is 39.7. The van der Waals surface area contributed by atoms with Crippen molar-refractivity contribution in [1.82, 2.24) is 14.8 Å². The molecule has 23 heavy (non-hydrogen) atoms. The van der Waals surface area contributed by atoms with Crippen LogP contribution in [0.2, 0.25) is 0 Å². The van der Waals surface area contributed by atoms with E-state index in [-0.39, 0.29) is 19.0 Å². The van der Waals surface area contributed by atoms with Gasteiger partial charge in [-0.05, 0) is 32.4 Å². The number of halogens is 3. The molecule has 0 fully saturated rings. The molecule has 2 rings (SSSR count). The molecule has 0 radical (unpaired) electrons. The minimum Gasteiger partial charge on any atom is -0.276 e. The molecular weight excluding hydrogens is 309 g/mol. The van der Waals surface area contributed by atoms with Gasteiger partial charge in [0.2, 0.25) is 5.82 Å². The molecule has 0 saturated carbocycles. The average molecular weight is 326 g/mol. The van der Waals surface area contributed by atoms with Crippen molar-refractivity contribution in [2.45, 2.75) is 33.5 Å². The first-order valence-electron chi connectivity index (χ1n) is 7.19. The molecule has 2 aromatic rings. The molecule has 0 unspecified atom stereocenters. The number of hydrogen-bond acceptors (Lipinski definition) is 3. The number of aromatic nitrogens is 3. The number of carbonyl (C=O) groups excluding carboxylic acids is 1. The standard InChI is InChI=1S/C15H17F3N4O/c1-4-21(12(23)11-9-7-6-8-10(11)3)14-19-13(15(16,17)18)22(5-2)20-14/h6-9H,4-5H2,1-3H3. The number of alkyl halides is 3. The first-order chi connectivity index (χ1) is 10.8. The van der Waals surface area contributed by atoms with Crippen LogP contribution in [0.1, 0.15) is 35.6 Å². The van der Waals surface area contributed by atoms with E-state index >= 15 is 0 Å². The van der Waals surface area contributed by atoms with Gasteiger partial charge in [-0.25, -0.2) is 4.68 Å². The molecule has 1 heterocycles. The van der Waals surface area contributed by atoms with E-state index in [0.29, 0.717) is 5.56 Å². The topological polar surface area (TPSA) is 51.0 Å². The molecule has 1 aromatic heterocycles. The van der Waals surface area contributed by atoms with Crippen LogP contribution in [0.25, 0.3) is 0 Å². The average Bonchev–Trinajstić information content (AvgIpc) is 2.92. The number of aryl methyl sites for hydroxylation is 2. The normalized spacial score (nSPS) is 11.6. The zero-order chi connectivity index (χ0) is 17.2. The Labute approximate surface area is 131 Å². The van der Waals surface area contributed by atoms with E-state index in [0.717, 1.165) is 15.1 Å². The molecule has 0 aliphatic heterocycles. The molecule has 0 aliphatic carbocycles. The Morgan fingerprint density at radius 3 is 2.39 bits per heavy atom. The van der Waals surface area contributed by atoms with E-state index in [1.54, 1.807) is 38.1 Å². The summed E-state index contributed by atoms with van der Waals surface area (Å²) in [4.78, 5) is 17.3. The van der Waals surface area contributed by atoms with Gasteiger partial charge in [0.05, 0.1) is 0 Å². The molecule has 124 valence electrons. The largest absolute Gasteiger partial charge is 0.451 e. The van der Waals surface area contributed by atoms with Gasteiger partial charge in [-0.1, -0.05) is 18.2 Å². The Hall–Kier alpha value is -2.38. The number of hydrogen-bond donors (Lipinski definition) is 0. The van der Waals surface area contributed by atoms with Crippen molar-refractivity contribution in [3.63, 3.8) is 0 Å². The number of carbonyl (C=O) groups is 1. The summed E-state index contributed by atoms with van der Waals surface area (Å²) in [5.74, 6) is -1.77. The maximum atomic E-state index is 13.0. The minimum atomic E-state index is -4.62. The summed E-state index contributed by atoms with van der Waals surface area (Å²) in [6, 6.07) is 6.88. The summed E-state index contributed by atoms with van der Waals surface area (Å²) in [5.41, 5.74) is 1.15. The van der Waals surface area contributed by atoms with Crippen LogP contribution in [-0.2, 0) is 12.7 Å². The van der Waals surface area contributed by atoms with Crippen LogP contribution >= 0.6 is 0 Å². The van der Waals surface area contributed by atoms with Crippen LogP contribution < -0.4 is 4.90 Å². The summed E-state index contributed by atoms with van der Waals surface area (Å²) in [6.45, 7) is 5.14. The van der Waals surface area contributed by atoms with Crippen molar-refractivity contribution in [3.05, 3.63) is 41.2 Å². The van der Waals surface area contributed by atoms with Crippen molar-refractivity contribution in [2.24, 2.45) is 0 Å². The lowest BCUT2D eigenvalue weighted by molar-refractivity contribution is -0.147. The Balaban J connectivity index is 2.44. The molecule has 0 saturated heterocycles. The Morgan fingerprint density at radius 2 is 1.91 bits per heavy atom. The number of rotatable bonds is 4. The highest BCUT2D eigenvalue weighted by Gasteiger charge is 2.38. The van der Waals surface area contributed by atoms with E-state index in [2.05, 4.69) is 10.1 Å². The van der Waals surface area contributed by atoms with Crippen LogP contribution in [0.15, 0.2) is 24.3 Å². The Morgan fingerprint density at radius 1 is 1.26 bits per heavy atom. The van der Waals surface area contributed by atoms with Crippen molar-refractivity contribution >= 4 is 11.9 Å². The second kappa shape index (κ2) is 6.39. The predicted molar refractivity (Wildman–Crippen MR) is 79.2 cm³/mol. The lowest BCUT2D eigenvalue weighted by Gasteiger charge is -2.17. The van der Waals surface area contributed by atoms with Gasteiger partial charge < -0.3 is 0 Å². The van der Waals surface area contributed by atoms with Crippen LogP contribution in [0.5, 0.6) is 0 Å². The third-order valence-corrected chi connectivity index (χ3v) is 3.39. The van der Waals surface area contributed by atoms with Crippen LogP contribution in [-0.4, -0.2) is 27.2 Å². The number of anilines is 1. The lowest BCUT2D eigenvalue weighted by Crippen LogP contribution is -2.32. The van der Waals surface area contributed by atoms with Gasteiger partial charge >= 0.3 is 6.18 Å². The maximum absolute atomic E-state index is 13.0. The molecule has 0 bridgehead atoms. The first-order valence-corrected chi connectivity index (χ1v) is 7.19. The second-order valence-electron chi connectivity index (χ2n) is 4.91. The fourth-order valence-corrected chi connectivity index (χ4v) is 2.21. The van der Waals surface area contributed by atoms with Crippen molar-refractivity contribution < 1.29 is 18.0 Å². The van der Waals surface area contributed by atoms with Gasteiger partial charge in [-0.15, -0.1) is 5.10 Å². The highest BCUT2D eigenvalue weighted by Crippen LogP contribution is 2.29. The molecule has 8 heteroatoms. The van der Waals surface area contributed by atoms with E-state index in [1.165, 1.54) is 6.92 Å². The fraction of sp³-hybridized carbons (Fsp3) is 0.400. The van der Waals surface area contributed by atoms with Gasteiger partial charge in [0.25, 0.3) is 11.9 Å². The maximum Gasteiger partial charge on any atom is 0.451 e. The summed E-state index contributed by atoms with van der Waals surface area (Å²) >= 11 is 0. The number of nitrogens with zero attached hydrogens (tertiary/aromatic N) is 4. The van der Waals surface area contributed by atoms with E-state index < -0.39 is 17.9 Å². The second-order valence-corrected chi connectivity index (χ2v) is 4.91. The van der Waals surface area contributed by atoms with E-state index in [4.69, 9.17) is 0 Å². The van der Waals surface area contributed by atoms with E-state index in [9.17, 15) is 18.0 Å². The highest BCUT2D eigenvalue weighted by atomic mass is 19.4. The molecule has 5 nitrogen and oxygen atoms in total. The highest BCUT2D eigenvalue weighted by molar-refractivity contribution is 6.06. The Kier molecular flexibility index (Phi) is 4.72. The van der Waals surface area contributed by atoms with Crippen LogP contribution in [0.4, 0.5) is 19.1 Å². The molecule has 0 aliphatic rings. The first kappa shape index (κ1) is 17.0. The smallest absolute Gasteiger partial charge is 0.276 e. The zero-order valence-corrected chi connectivity index (χ0v) is 13.1. The molecular formula is C15H17F3N4O. The Bertz CT molecular complexity index is 709. The molecule has 1 amide bonds. The van der Waals surface area contributed by atoms with Crippen LogP contribution in [0, 0.1) is 6.92 Å². The van der Waals surface area contributed by atoms with Gasteiger partial charge in [0.15, 0.2) is 0 Å². The van der Waals surface area contributed by atoms with Gasteiger partial charge in [0.1, 0.15) is 0 Å². The minimum absolute atomic E-state index is 0.0119. The molecule has 0 atom stereocenters. The third kappa shape index (κ3) is 3.35. The van der Waals surface area contributed by atoms with Crippen molar-refractivity contribution in [1.29, 1.82) is 0 Å². The molecule has 0 spiro atoms. The molecule has 0 N–H and O–H groups in total. The van der Waals surface area contributed by atoms with Crippen molar-refractivity contribution in [2.75, 3.05) is 11.4 Å². The monoisotopic (exact) mass is 326 g/mol. The fourth-order valence-electron chi connectivity index (χ4n) is 2.21. The van der Waals surface area contributed by atoms with Gasteiger partial charge in [0, 0.05) is 18.7 Å².